The van der Waals surface area contributed by atoms with Crippen LogP contribution >= 0.6 is 0 Å². The summed E-state index contributed by atoms with van der Waals surface area (Å²) in [5, 5.41) is 6.27. The van der Waals surface area contributed by atoms with Crippen molar-refractivity contribution in [1.82, 2.24) is 0 Å². The van der Waals surface area contributed by atoms with Crippen LogP contribution in [0, 0.1) is 0 Å². The lowest BCUT2D eigenvalue weighted by Crippen LogP contribution is -2.18. The van der Waals surface area contributed by atoms with Gasteiger partial charge in [-0.1, -0.05) is 13.8 Å². The van der Waals surface area contributed by atoms with E-state index < -0.39 is 11.8 Å². The van der Waals surface area contributed by atoms with Gasteiger partial charge in [0.15, 0.2) is 11.5 Å². The van der Waals surface area contributed by atoms with Crippen molar-refractivity contribution >= 4 is 34.6 Å². The molecule has 0 heterocycles. The molecule has 10 heteroatoms. The SMILES string of the molecule is CC.COc1c(C(N)=O)ccc(NCCNc2ccc(C(N)=O)c(OC)c2N)c1N. The number of anilines is 4. The maximum absolute atomic E-state index is 11.4. The van der Waals surface area contributed by atoms with Crippen LogP contribution in [0.5, 0.6) is 11.5 Å². The highest BCUT2D eigenvalue weighted by atomic mass is 16.5. The third-order valence-electron chi connectivity index (χ3n) is 4.09. The Morgan fingerprint density at radius 3 is 1.37 bits per heavy atom. The first kappa shape index (κ1) is 24.2. The molecule has 2 aromatic rings. The summed E-state index contributed by atoms with van der Waals surface area (Å²) >= 11 is 0. The highest BCUT2D eigenvalue weighted by molar-refractivity contribution is 6.00. The van der Waals surface area contributed by atoms with Crippen molar-refractivity contribution in [2.45, 2.75) is 13.8 Å². The predicted octanol–water partition coefficient (Wildman–Crippen LogP) is 1.62. The van der Waals surface area contributed by atoms with E-state index in [1.165, 1.54) is 14.2 Å². The van der Waals surface area contributed by atoms with Crippen molar-refractivity contribution < 1.29 is 19.1 Å². The average molecular weight is 418 g/mol. The van der Waals surface area contributed by atoms with Gasteiger partial charge < -0.3 is 43.0 Å². The summed E-state index contributed by atoms with van der Waals surface area (Å²) in [6.07, 6.45) is 0. The average Bonchev–Trinajstić information content (AvgIpc) is 2.73. The van der Waals surface area contributed by atoms with Gasteiger partial charge >= 0.3 is 0 Å². The number of nitrogens with one attached hydrogen (secondary N) is 2. The van der Waals surface area contributed by atoms with E-state index in [0.717, 1.165) is 0 Å². The van der Waals surface area contributed by atoms with Gasteiger partial charge in [-0.3, -0.25) is 9.59 Å². The number of primary amides is 2. The Balaban J connectivity index is 0.00000218. The first-order valence-electron chi connectivity index (χ1n) is 9.32. The van der Waals surface area contributed by atoms with E-state index in [1.807, 2.05) is 13.8 Å². The number of hydrogen-bond acceptors (Lipinski definition) is 8. The lowest BCUT2D eigenvalue weighted by molar-refractivity contribution is 0.0989. The van der Waals surface area contributed by atoms with Crippen LogP contribution in [-0.2, 0) is 0 Å². The fourth-order valence-corrected chi connectivity index (χ4v) is 2.73. The minimum Gasteiger partial charge on any atom is -0.494 e. The molecule has 0 aliphatic carbocycles. The molecule has 164 valence electrons. The summed E-state index contributed by atoms with van der Waals surface area (Å²) in [4.78, 5) is 22.8. The molecule has 10 N–H and O–H groups in total. The van der Waals surface area contributed by atoms with Crippen LogP contribution in [-0.4, -0.2) is 39.1 Å². The zero-order valence-corrected chi connectivity index (χ0v) is 17.7. The Labute approximate surface area is 175 Å². The van der Waals surface area contributed by atoms with Gasteiger partial charge in [-0.15, -0.1) is 0 Å². The smallest absolute Gasteiger partial charge is 0.252 e. The van der Waals surface area contributed by atoms with Crippen LogP contribution < -0.4 is 43.0 Å². The van der Waals surface area contributed by atoms with E-state index in [0.29, 0.717) is 24.5 Å². The van der Waals surface area contributed by atoms with Crippen LogP contribution in [0.4, 0.5) is 22.7 Å². The van der Waals surface area contributed by atoms with Crippen molar-refractivity contribution in [3.63, 3.8) is 0 Å². The molecule has 0 unspecified atom stereocenters. The molecule has 0 atom stereocenters. The molecule has 0 bridgehead atoms. The number of carbonyl (C=O) groups is 2. The molecule has 2 aromatic carbocycles. The number of nitrogens with two attached hydrogens (primary N) is 4. The van der Waals surface area contributed by atoms with Crippen LogP contribution in [0.3, 0.4) is 0 Å². The first-order chi connectivity index (χ1) is 14.3. The Kier molecular flexibility index (Phi) is 9.08. The normalized spacial score (nSPS) is 9.73. The Bertz CT molecular complexity index is 828. The zero-order valence-electron chi connectivity index (χ0n) is 17.7. The molecule has 10 nitrogen and oxygen atoms in total. The first-order valence-corrected chi connectivity index (χ1v) is 9.32. The van der Waals surface area contributed by atoms with Crippen molar-refractivity contribution in [2.75, 3.05) is 49.4 Å². The molecule has 0 aliphatic rings. The summed E-state index contributed by atoms with van der Waals surface area (Å²) in [5.41, 5.74) is 24.9. The summed E-state index contributed by atoms with van der Waals surface area (Å²) in [7, 11) is 2.82. The molecule has 0 aliphatic heterocycles. The summed E-state index contributed by atoms with van der Waals surface area (Å²) in [6.45, 7) is 4.95. The van der Waals surface area contributed by atoms with Gasteiger partial charge in [0.25, 0.3) is 11.8 Å². The molecule has 2 rings (SSSR count). The number of ether oxygens (including phenoxy) is 2. The number of nitrogen functional groups attached to an aromatic ring is 2. The second-order valence-electron chi connectivity index (χ2n) is 5.80. The lowest BCUT2D eigenvalue weighted by atomic mass is 10.1. The maximum Gasteiger partial charge on any atom is 0.252 e. The quantitative estimate of drug-likeness (QED) is 0.262. The number of hydrogen-bond donors (Lipinski definition) is 6. The second kappa shape index (κ2) is 11.2. The number of carbonyl (C=O) groups excluding carboxylic acids is 2. The van der Waals surface area contributed by atoms with E-state index in [4.69, 9.17) is 32.4 Å². The van der Waals surface area contributed by atoms with Crippen LogP contribution in [0.1, 0.15) is 34.6 Å². The standard InChI is InChI=1S/C18H24N6O4.C2H6/c1-27-15-9(17(21)25)3-5-11(13(15)19)23-7-8-24-12-6-4-10(18(22)26)16(28-2)14(12)20;1-2/h3-6,23-24H,7-8,19-20H2,1-2H3,(H2,21,25)(H2,22,26);1-2H3. The minimum atomic E-state index is -0.624. The molecule has 0 radical (unpaired) electrons. The molecular formula is C20H30N6O4. The monoisotopic (exact) mass is 418 g/mol. The summed E-state index contributed by atoms with van der Waals surface area (Å²) in [5.74, 6) is -0.802. The second-order valence-corrected chi connectivity index (χ2v) is 5.80. The van der Waals surface area contributed by atoms with Crippen LogP contribution in [0.25, 0.3) is 0 Å². The van der Waals surface area contributed by atoms with E-state index in [2.05, 4.69) is 10.6 Å². The van der Waals surface area contributed by atoms with Gasteiger partial charge in [0.1, 0.15) is 0 Å². The molecule has 0 spiro atoms. The fourth-order valence-electron chi connectivity index (χ4n) is 2.73. The number of rotatable bonds is 9. The van der Waals surface area contributed by atoms with Gasteiger partial charge in [0.05, 0.1) is 48.1 Å². The van der Waals surface area contributed by atoms with E-state index >= 15 is 0 Å². The van der Waals surface area contributed by atoms with Crippen molar-refractivity contribution in [3.8, 4) is 11.5 Å². The topological polar surface area (TPSA) is 181 Å². The van der Waals surface area contributed by atoms with Crippen LogP contribution in [0.15, 0.2) is 24.3 Å². The van der Waals surface area contributed by atoms with Gasteiger partial charge in [-0.2, -0.15) is 0 Å². The molecule has 0 aromatic heterocycles. The Hall–Kier alpha value is -3.82. The Morgan fingerprint density at radius 2 is 1.10 bits per heavy atom. The maximum atomic E-state index is 11.4. The minimum absolute atomic E-state index is 0.207. The van der Waals surface area contributed by atoms with Crippen LogP contribution in [0.2, 0.25) is 0 Å². The predicted molar refractivity (Wildman–Crippen MR) is 120 cm³/mol. The van der Waals surface area contributed by atoms with E-state index in [1.54, 1.807) is 24.3 Å². The van der Waals surface area contributed by atoms with Crippen molar-refractivity contribution in [2.24, 2.45) is 11.5 Å². The number of amides is 2. The molecule has 0 fully saturated rings. The Morgan fingerprint density at radius 1 is 0.767 bits per heavy atom. The van der Waals surface area contributed by atoms with Gasteiger partial charge in [-0.05, 0) is 24.3 Å². The van der Waals surface area contributed by atoms with E-state index in [-0.39, 0.29) is 34.0 Å². The molecule has 0 saturated carbocycles. The van der Waals surface area contributed by atoms with Gasteiger partial charge in [0, 0.05) is 13.1 Å². The van der Waals surface area contributed by atoms with E-state index in [9.17, 15) is 9.59 Å². The molecule has 2 amide bonds. The van der Waals surface area contributed by atoms with Gasteiger partial charge in [0.2, 0.25) is 0 Å². The third kappa shape index (κ3) is 5.37. The van der Waals surface area contributed by atoms with Gasteiger partial charge in [-0.25, -0.2) is 0 Å². The molecule has 0 saturated heterocycles. The fraction of sp³-hybridized carbons (Fsp3) is 0.300. The number of methoxy groups -OCH3 is 2. The highest BCUT2D eigenvalue weighted by Gasteiger charge is 2.16. The summed E-state index contributed by atoms with van der Waals surface area (Å²) < 4.78 is 10.4. The number of benzene rings is 2. The van der Waals surface area contributed by atoms with Crippen molar-refractivity contribution in [1.29, 1.82) is 0 Å². The largest absolute Gasteiger partial charge is 0.494 e. The molecular weight excluding hydrogens is 388 g/mol. The molecule has 30 heavy (non-hydrogen) atoms. The third-order valence-corrected chi connectivity index (χ3v) is 4.09. The highest BCUT2D eigenvalue weighted by Crippen LogP contribution is 2.34. The summed E-state index contributed by atoms with van der Waals surface area (Å²) in [6, 6.07) is 6.38. The zero-order chi connectivity index (χ0) is 22.8. The lowest BCUT2D eigenvalue weighted by Gasteiger charge is -2.16. The van der Waals surface area contributed by atoms with Crippen molar-refractivity contribution in [3.05, 3.63) is 35.4 Å².